The van der Waals surface area contributed by atoms with E-state index < -0.39 is 0 Å². The lowest BCUT2D eigenvalue weighted by atomic mass is 10.3. The third-order valence-electron chi connectivity index (χ3n) is 4.20. The molecule has 1 aromatic carbocycles. The molecule has 4 aromatic rings. The number of hydrogen-bond donors (Lipinski definition) is 0. The molecule has 0 spiro atoms. The molecule has 0 aliphatic rings. The second-order valence-corrected chi connectivity index (χ2v) is 6.52. The van der Waals surface area contributed by atoms with Crippen molar-refractivity contribution in [1.29, 1.82) is 5.26 Å². The predicted molar refractivity (Wildman–Crippen MR) is 98.9 cm³/mol. The molecule has 0 N–H and O–H groups in total. The van der Waals surface area contributed by atoms with Crippen LogP contribution in [-0.2, 0) is 13.1 Å². The van der Waals surface area contributed by atoms with Crippen molar-refractivity contribution in [2.45, 2.75) is 25.9 Å². The molecule has 3 aromatic heterocycles. The van der Waals surface area contributed by atoms with E-state index in [1.165, 1.54) is 0 Å². The van der Waals surface area contributed by atoms with Crippen molar-refractivity contribution >= 4 is 37.9 Å². The number of para-hydroxylation sites is 2. The van der Waals surface area contributed by atoms with Crippen LogP contribution in [0.5, 0.6) is 0 Å². The van der Waals surface area contributed by atoms with Gasteiger partial charge in [0.2, 0.25) is 0 Å². The number of pyridine rings is 1. The molecule has 0 amide bonds. The van der Waals surface area contributed by atoms with E-state index in [-0.39, 0.29) is 0 Å². The van der Waals surface area contributed by atoms with E-state index in [0.717, 1.165) is 45.3 Å². The monoisotopic (exact) mass is 394 g/mol. The SMILES string of the molecule is N#CCCCn1c(Cn2nc(Br)c3ccncc32)nc2ccccc21. The van der Waals surface area contributed by atoms with E-state index in [2.05, 4.69) is 42.7 Å². The number of imidazole rings is 1. The third kappa shape index (κ3) is 2.89. The largest absolute Gasteiger partial charge is 0.326 e. The topological polar surface area (TPSA) is 72.3 Å². The summed E-state index contributed by atoms with van der Waals surface area (Å²) in [6, 6.07) is 12.2. The number of unbranched alkanes of at least 4 members (excludes halogenated alkanes) is 1. The van der Waals surface area contributed by atoms with Crippen molar-refractivity contribution in [2.75, 3.05) is 0 Å². The highest BCUT2D eigenvalue weighted by atomic mass is 79.9. The fraction of sp³-hybridized carbons (Fsp3) is 0.222. The summed E-state index contributed by atoms with van der Waals surface area (Å²) in [6.45, 7) is 1.32. The summed E-state index contributed by atoms with van der Waals surface area (Å²) in [4.78, 5) is 9.00. The van der Waals surface area contributed by atoms with Gasteiger partial charge in [-0.25, -0.2) is 4.98 Å². The predicted octanol–water partition coefficient (Wildman–Crippen LogP) is 3.90. The van der Waals surface area contributed by atoms with E-state index in [1.807, 2.05) is 35.1 Å². The molecule has 0 saturated carbocycles. The second kappa shape index (κ2) is 6.65. The molecule has 124 valence electrons. The highest BCUT2D eigenvalue weighted by Gasteiger charge is 2.14. The molecule has 0 aliphatic heterocycles. The summed E-state index contributed by atoms with van der Waals surface area (Å²) in [5, 5.41) is 14.4. The van der Waals surface area contributed by atoms with Gasteiger partial charge in [-0.3, -0.25) is 9.67 Å². The zero-order chi connectivity index (χ0) is 17.2. The zero-order valence-corrected chi connectivity index (χ0v) is 15.0. The minimum atomic E-state index is 0.534. The summed E-state index contributed by atoms with van der Waals surface area (Å²) in [7, 11) is 0. The Labute approximate surface area is 152 Å². The molecular formula is C18H15BrN6. The van der Waals surface area contributed by atoms with E-state index in [9.17, 15) is 0 Å². The van der Waals surface area contributed by atoms with E-state index in [1.54, 1.807) is 6.20 Å². The second-order valence-electron chi connectivity index (χ2n) is 5.77. The van der Waals surface area contributed by atoms with Gasteiger partial charge in [-0.15, -0.1) is 0 Å². The fourth-order valence-corrected chi connectivity index (χ4v) is 3.57. The summed E-state index contributed by atoms with van der Waals surface area (Å²) >= 11 is 3.51. The number of nitrogens with zero attached hydrogens (tertiary/aromatic N) is 6. The van der Waals surface area contributed by atoms with Crippen LogP contribution in [0.15, 0.2) is 47.3 Å². The van der Waals surface area contributed by atoms with Crippen molar-refractivity contribution in [3.63, 3.8) is 0 Å². The highest BCUT2D eigenvalue weighted by Crippen LogP contribution is 2.24. The maximum atomic E-state index is 8.83. The molecule has 4 rings (SSSR count). The van der Waals surface area contributed by atoms with E-state index in [4.69, 9.17) is 10.2 Å². The van der Waals surface area contributed by atoms with Crippen molar-refractivity contribution in [2.24, 2.45) is 0 Å². The quantitative estimate of drug-likeness (QED) is 0.481. The minimum absolute atomic E-state index is 0.534. The van der Waals surface area contributed by atoms with Crippen LogP contribution in [0.2, 0.25) is 0 Å². The molecule has 7 heteroatoms. The van der Waals surface area contributed by atoms with Gasteiger partial charge in [0.05, 0.1) is 35.4 Å². The molecule has 0 saturated heterocycles. The van der Waals surface area contributed by atoms with Crippen molar-refractivity contribution in [3.8, 4) is 6.07 Å². The normalized spacial score (nSPS) is 11.2. The molecule has 0 atom stereocenters. The summed E-state index contributed by atoms with van der Waals surface area (Å²) in [6.07, 6.45) is 4.91. The Hall–Kier alpha value is -2.72. The van der Waals surface area contributed by atoms with Crippen LogP contribution in [0.1, 0.15) is 18.7 Å². The number of hydrogen-bond acceptors (Lipinski definition) is 4. The van der Waals surface area contributed by atoms with Crippen molar-refractivity contribution in [1.82, 2.24) is 24.3 Å². The van der Waals surface area contributed by atoms with Gasteiger partial charge in [-0.05, 0) is 40.5 Å². The van der Waals surface area contributed by atoms with Gasteiger partial charge >= 0.3 is 0 Å². The number of aromatic nitrogens is 5. The van der Waals surface area contributed by atoms with Crippen LogP contribution in [0, 0.1) is 11.3 Å². The smallest absolute Gasteiger partial charge is 0.136 e. The van der Waals surface area contributed by atoms with Crippen LogP contribution in [0.25, 0.3) is 21.9 Å². The number of fused-ring (bicyclic) bond motifs is 2. The molecule has 0 radical (unpaired) electrons. The number of rotatable bonds is 5. The van der Waals surface area contributed by atoms with E-state index in [0.29, 0.717) is 13.0 Å². The zero-order valence-electron chi connectivity index (χ0n) is 13.4. The van der Waals surface area contributed by atoms with Crippen LogP contribution < -0.4 is 0 Å². The average Bonchev–Trinajstić information content (AvgIpc) is 3.14. The van der Waals surface area contributed by atoms with Gasteiger partial charge in [0.25, 0.3) is 0 Å². The molecule has 0 fully saturated rings. The van der Waals surface area contributed by atoms with Gasteiger partial charge in [-0.1, -0.05) is 12.1 Å². The molecule has 0 bridgehead atoms. The molecule has 25 heavy (non-hydrogen) atoms. The summed E-state index contributed by atoms with van der Waals surface area (Å²) in [5.41, 5.74) is 3.01. The Morgan fingerprint density at radius 1 is 1.16 bits per heavy atom. The average molecular weight is 395 g/mol. The van der Waals surface area contributed by atoms with Gasteiger partial charge < -0.3 is 4.57 Å². The number of benzene rings is 1. The Kier molecular flexibility index (Phi) is 4.20. The third-order valence-corrected chi connectivity index (χ3v) is 4.79. The lowest BCUT2D eigenvalue weighted by molar-refractivity contribution is 0.591. The Balaban J connectivity index is 1.77. The lowest BCUT2D eigenvalue weighted by Gasteiger charge is -2.09. The number of halogens is 1. The first-order valence-electron chi connectivity index (χ1n) is 8.05. The van der Waals surface area contributed by atoms with Crippen LogP contribution in [-0.4, -0.2) is 24.3 Å². The Morgan fingerprint density at radius 2 is 2.04 bits per heavy atom. The van der Waals surface area contributed by atoms with Crippen molar-refractivity contribution in [3.05, 3.63) is 53.2 Å². The maximum Gasteiger partial charge on any atom is 0.136 e. The van der Waals surface area contributed by atoms with Crippen LogP contribution >= 0.6 is 15.9 Å². The Morgan fingerprint density at radius 3 is 2.92 bits per heavy atom. The minimum Gasteiger partial charge on any atom is -0.326 e. The van der Waals surface area contributed by atoms with Gasteiger partial charge in [0.1, 0.15) is 10.4 Å². The van der Waals surface area contributed by atoms with Gasteiger partial charge in [-0.2, -0.15) is 10.4 Å². The molecule has 3 heterocycles. The first-order chi connectivity index (χ1) is 12.3. The standard InChI is InChI=1S/C18H15BrN6/c19-18-13-7-9-21-11-16(13)25(23-18)12-17-22-14-5-1-2-6-15(14)24(17)10-4-3-8-20/h1-2,5-7,9,11H,3-4,10,12H2. The maximum absolute atomic E-state index is 8.83. The summed E-state index contributed by atoms with van der Waals surface area (Å²) in [5.74, 6) is 0.930. The number of aryl methyl sites for hydroxylation is 1. The fourth-order valence-electron chi connectivity index (χ4n) is 3.05. The van der Waals surface area contributed by atoms with Crippen LogP contribution in [0.4, 0.5) is 0 Å². The first kappa shape index (κ1) is 15.8. The number of nitriles is 1. The van der Waals surface area contributed by atoms with E-state index >= 15 is 0 Å². The van der Waals surface area contributed by atoms with Gasteiger partial charge in [0, 0.05) is 24.5 Å². The highest BCUT2D eigenvalue weighted by molar-refractivity contribution is 9.10. The van der Waals surface area contributed by atoms with Gasteiger partial charge in [0.15, 0.2) is 0 Å². The van der Waals surface area contributed by atoms with Crippen molar-refractivity contribution < 1.29 is 0 Å². The first-order valence-corrected chi connectivity index (χ1v) is 8.84. The molecule has 6 nitrogen and oxygen atoms in total. The summed E-state index contributed by atoms with van der Waals surface area (Å²) < 4.78 is 4.90. The lowest BCUT2D eigenvalue weighted by Crippen LogP contribution is -2.10. The van der Waals surface area contributed by atoms with Crippen LogP contribution in [0.3, 0.4) is 0 Å². The molecule has 0 aliphatic carbocycles. The molecule has 0 unspecified atom stereocenters. The molecular weight excluding hydrogens is 380 g/mol. The Bertz CT molecular complexity index is 1090.